The first-order chi connectivity index (χ1) is 16.5. The van der Waals surface area contributed by atoms with E-state index in [0.29, 0.717) is 41.2 Å². The van der Waals surface area contributed by atoms with E-state index in [1.165, 1.54) is 4.90 Å². The van der Waals surface area contributed by atoms with Gasteiger partial charge in [0.25, 0.3) is 5.91 Å². The molecule has 1 fully saturated rings. The van der Waals surface area contributed by atoms with E-state index in [9.17, 15) is 4.79 Å². The van der Waals surface area contributed by atoms with Crippen LogP contribution in [0.4, 0.5) is 5.69 Å². The standard InChI is InChI=1S/C27H26N2O4S/c1-4-32-25-12-8-6-10-22(25)29-26(30)21(28-27(29)34)16-19-13-14-24(31-3)20(15-19)17-33-23-11-7-5-9-18(23)2/h5-16H,4,17H2,1-3H3,(H,28,34)/b21-16+. The highest BCUT2D eigenvalue weighted by Crippen LogP contribution is 2.32. The minimum atomic E-state index is -0.245. The molecular formula is C27H26N2O4S. The number of methoxy groups -OCH3 is 1. The predicted octanol–water partition coefficient (Wildman–Crippen LogP) is 5.24. The van der Waals surface area contributed by atoms with Crippen molar-refractivity contribution >= 4 is 35.0 Å². The van der Waals surface area contributed by atoms with Gasteiger partial charge in [0, 0.05) is 5.56 Å². The lowest BCUT2D eigenvalue weighted by atomic mass is 10.1. The van der Waals surface area contributed by atoms with Gasteiger partial charge in [-0.1, -0.05) is 36.4 Å². The Hall–Kier alpha value is -3.84. The summed E-state index contributed by atoms with van der Waals surface area (Å²) in [5.74, 6) is 1.88. The van der Waals surface area contributed by atoms with E-state index >= 15 is 0 Å². The first-order valence-corrected chi connectivity index (χ1v) is 11.4. The Balaban J connectivity index is 1.59. The second-order valence-corrected chi connectivity index (χ2v) is 8.04. The maximum absolute atomic E-state index is 13.2. The van der Waals surface area contributed by atoms with Crippen LogP contribution in [-0.2, 0) is 11.4 Å². The molecule has 1 aliphatic rings. The summed E-state index contributed by atoms with van der Waals surface area (Å²) in [5.41, 5.74) is 3.74. The SMILES string of the molecule is CCOc1ccccc1N1C(=O)/C(=C\c2ccc(OC)c(COc3ccccc3C)c2)NC1=S. The van der Waals surface area contributed by atoms with E-state index < -0.39 is 0 Å². The van der Waals surface area contributed by atoms with Gasteiger partial charge in [-0.3, -0.25) is 4.79 Å². The van der Waals surface area contributed by atoms with Gasteiger partial charge >= 0.3 is 0 Å². The molecule has 0 aromatic heterocycles. The number of hydrogen-bond donors (Lipinski definition) is 1. The maximum atomic E-state index is 13.2. The van der Waals surface area contributed by atoms with Gasteiger partial charge in [0.15, 0.2) is 5.11 Å². The lowest BCUT2D eigenvalue weighted by Gasteiger charge is -2.18. The van der Waals surface area contributed by atoms with Crippen LogP contribution in [0.15, 0.2) is 72.4 Å². The van der Waals surface area contributed by atoms with Gasteiger partial charge in [-0.25, -0.2) is 4.90 Å². The number of carbonyl (C=O) groups is 1. The Morgan fingerprint density at radius 1 is 0.971 bits per heavy atom. The number of para-hydroxylation sites is 3. The zero-order valence-corrected chi connectivity index (χ0v) is 20.1. The molecular weight excluding hydrogens is 448 g/mol. The van der Waals surface area contributed by atoms with Crippen LogP contribution in [0.3, 0.4) is 0 Å². The van der Waals surface area contributed by atoms with Gasteiger partial charge < -0.3 is 19.5 Å². The van der Waals surface area contributed by atoms with Crippen molar-refractivity contribution in [1.29, 1.82) is 0 Å². The van der Waals surface area contributed by atoms with E-state index in [1.54, 1.807) is 13.2 Å². The number of carbonyl (C=O) groups excluding carboxylic acids is 1. The third kappa shape index (κ3) is 4.89. The number of nitrogens with zero attached hydrogens (tertiary/aromatic N) is 1. The van der Waals surface area contributed by atoms with Crippen LogP contribution < -0.4 is 24.4 Å². The van der Waals surface area contributed by atoms with Crippen LogP contribution in [0.5, 0.6) is 17.2 Å². The Labute approximate surface area is 204 Å². The van der Waals surface area contributed by atoms with Crippen LogP contribution in [0.25, 0.3) is 6.08 Å². The molecule has 1 amide bonds. The van der Waals surface area contributed by atoms with Gasteiger partial charge in [0.2, 0.25) is 0 Å². The molecule has 1 heterocycles. The van der Waals surface area contributed by atoms with Gasteiger partial charge in [-0.2, -0.15) is 0 Å². The molecule has 0 spiro atoms. The number of rotatable bonds is 8. The van der Waals surface area contributed by atoms with Crippen molar-refractivity contribution in [1.82, 2.24) is 5.32 Å². The summed E-state index contributed by atoms with van der Waals surface area (Å²) in [6.07, 6.45) is 1.77. The molecule has 1 N–H and O–H groups in total. The minimum Gasteiger partial charge on any atom is -0.496 e. The molecule has 7 heteroatoms. The summed E-state index contributed by atoms with van der Waals surface area (Å²) in [6.45, 7) is 4.72. The molecule has 3 aromatic carbocycles. The van der Waals surface area contributed by atoms with Gasteiger partial charge in [-0.15, -0.1) is 0 Å². The fourth-order valence-electron chi connectivity index (χ4n) is 3.71. The normalized spacial score (nSPS) is 14.3. The van der Waals surface area contributed by atoms with Gasteiger partial charge in [0.1, 0.15) is 29.6 Å². The zero-order valence-electron chi connectivity index (χ0n) is 19.3. The first kappa shape index (κ1) is 23.3. The van der Waals surface area contributed by atoms with Crippen LogP contribution in [0.1, 0.15) is 23.6 Å². The summed E-state index contributed by atoms with van der Waals surface area (Å²) >= 11 is 5.47. The zero-order chi connectivity index (χ0) is 24.1. The monoisotopic (exact) mass is 474 g/mol. The number of ether oxygens (including phenoxy) is 3. The fourth-order valence-corrected chi connectivity index (χ4v) is 4.01. The van der Waals surface area contributed by atoms with Crippen molar-refractivity contribution in [3.05, 3.63) is 89.1 Å². The molecule has 6 nitrogen and oxygen atoms in total. The fraction of sp³-hybridized carbons (Fsp3) is 0.185. The predicted molar refractivity (Wildman–Crippen MR) is 137 cm³/mol. The number of benzene rings is 3. The second kappa shape index (κ2) is 10.4. The molecule has 1 aliphatic heterocycles. The topological polar surface area (TPSA) is 60.0 Å². The Morgan fingerprint density at radius 2 is 1.71 bits per heavy atom. The van der Waals surface area contributed by atoms with Crippen LogP contribution in [0, 0.1) is 6.92 Å². The van der Waals surface area contributed by atoms with E-state index in [4.69, 9.17) is 26.4 Å². The number of nitrogens with one attached hydrogen (secondary N) is 1. The van der Waals surface area contributed by atoms with Crippen molar-refractivity contribution in [2.45, 2.75) is 20.5 Å². The summed E-state index contributed by atoms with van der Waals surface area (Å²) in [5, 5.41) is 3.34. The largest absolute Gasteiger partial charge is 0.496 e. The minimum absolute atomic E-state index is 0.245. The molecule has 174 valence electrons. The maximum Gasteiger partial charge on any atom is 0.281 e. The molecule has 3 aromatic rings. The highest BCUT2D eigenvalue weighted by atomic mass is 32.1. The van der Waals surface area contributed by atoms with E-state index in [-0.39, 0.29) is 5.91 Å². The molecule has 0 radical (unpaired) electrons. The van der Waals surface area contributed by atoms with Crippen LogP contribution in [-0.4, -0.2) is 24.7 Å². The highest BCUT2D eigenvalue weighted by Gasteiger charge is 2.33. The van der Waals surface area contributed by atoms with Crippen molar-refractivity contribution in [2.75, 3.05) is 18.6 Å². The summed E-state index contributed by atoms with van der Waals surface area (Å²) in [6, 6.07) is 20.9. The number of aryl methyl sites for hydroxylation is 1. The van der Waals surface area contributed by atoms with Gasteiger partial charge in [-0.05, 0) is 73.6 Å². The number of amides is 1. The first-order valence-electron chi connectivity index (χ1n) is 11.0. The van der Waals surface area contributed by atoms with Crippen molar-refractivity contribution < 1.29 is 19.0 Å². The number of thiocarbonyl (C=S) groups is 1. The summed E-state index contributed by atoms with van der Waals surface area (Å²) in [7, 11) is 1.62. The molecule has 0 atom stereocenters. The van der Waals surface area contributed by atoms with Crippen molar-refractivity contribution in [2.24, 2.45) is 0 Å². The molecule has 34 heavy (non-hydrogen) atoms. The van der Waals surface area contributed by atoms with E-state index in [0.717, 1.165) is 22.4 Å². The molecule has 4 rings (SSSR count). The smallest absolute Gasteiger partial charge is 0.281 e. The highest BCUT2D eigenvalue weighted by molar-refractivity contribution is 7.80. The van der Waals surface area contributed by atoms with Gasteiger partial charge in [0.05, 0.1) is 19.4 Å². The lowest BCUT2D eigenvalue weighted by molar-refractivity contribution is -0.113. The molecule has 1 saturated heterocycles. The Morgan fingerprint density at radius 3 is 2.44 bits per heavy atom. The lowest BCUT2D eigenvalue weighted by Crippen LogP contribution is -2.30. The molecule has 0 saturated carbocycles. The third-order valence-corrected chi connectivity index (χ3v) is 5.66. The Kier molecular flexibility index (Phi) is 7.13. The van der Waals surface area contributed by atoms with Crippen LogP contribution >= 0.6 is 12.2 Å². The number of hydrogen-bond acceptors (Lipinski definition) is 5. The van der Waals surface area contributed by atoms with Crippen molar-refractivity contribution in [3.8, 4) is 17.2 Å². The summed E-state index contributed by atoms with van der Waals surface area (Å²) in [4.78, 5) is 14.7. The molecule has 0 unspecified atom stereocenters. The van der Waals surface area contributed by atoms with Crippen LogP contribution in [0.2, 0.25) is 0 Å². The average molecular weight is 475 g/mol. The quantitative estimate of drug-likeness (QED) is 0.356. The molecule has 0 bridgehead atoms. The molecule has 0 aliphatic carbocycles. The Bertz CT molecular complexity index is 1250. The number of anilines is 1. The average Bonchev–Trinajstić information content (AvgIpc) is 3.11. The van der Waals surface area contributed by atoms with Crippen molar-refractivity contribution in [3.63, 3.8) is 0 Å². The van der Waals surface area contributed by atoms with E-state index in [1.807, 2.05) is 80.6 Å². The second-order valence-electron chi connectivity index (χ2n) is 7.65. The third-order valence-electron chi connectivity index (χ3n) is 5.38. The van der Waals surface area contributed by atoms with E-state index in [2.05, 4.69) is 5.32 Å². The summed E-state index contributed by atoms with van der Waals surface area (Å²) < 4.78 is 17.2.